The van der Waals surface area contributed by atoms with Crippen LogP contribution in [-0.2, 0) is 22.6 Å². The second kappa shape index (κ2) is 13.3. The monoisotopic (exact) mass is 492 g/mol. The second-order valence-corrected chi connectivity index (χ2v) is 8.64. The number of carbonyl (C=O) groups is 2. The first kappa shape index (κ1) is 26.7. The van der Waals surface area contributed by atoms with Gasteiger partial charge in [-0.2, -0.15) is 0 Å². The highest BCUT2D eigenvalue weighted by molar-refractivity contribution is 5.88. The maximum absolute atomic E-state index is 13.5. The number of carbonyl (C=O) groups excluding carboxylic acids is 2. The molecule has 0 unspecified atom stereocenters. The highest BCUT2D eigenvalue weighted by Gasteiger charge is 2.31. The Labute approximate surface area is 212 Å². The molecule has 7 heteroatoms. The molecule has 0 fully saturated rings. The lowest BCUT2D eigenvalue weighted by Gasteiger charge is -2.32. The summed E-state index contributed by atoms with van der Waals surface area (Å²) in [6.45, 7) is 3.80. The third-order valence-corrected chi connectivity index (χ3v) is 5.96. The number of ether oxygens (including phenoxy) is 2. The molecule has 3 rings (SSSR count). The fourth-order valence-electron chi connectivity index (χ4n) is 3.68. The van der Waals surface area contributed by atoms with E-state index < -0.39 is 6.04 Å². The Bertz CT molecular complexity index is 1100. The van der Waals surface area contributed by atoms with Crippen molar-refractivity contribution in [1.82, 2.24) is 10.2 Å². The van der Waals surface area contributed by atoms with Crippen LogP contribution >= 0.6 is 0 Å². The van der Waals surface area contributed by atoms with Gasteiger partial charge in [0.15, 0.2) is 6.61 Å². The van der Waals surface area contributed by atoms with Gasteiger partial charge in [-0.1, -0.05) is 49.4 Å². The topological polar surface area (TPSA) is 67.9 Å². The molecular formula is C29H33FN2O4. The van der Waals surface area contributed by atoms with Crippen molar-refractivity contribution in [3.63, 3.8) is 0 Å². The highest BCUT2D eigenvalue weighted by Crippen LogP contribution is 2.19. The second-order valence-electron chi connectivity index (χ2n) is 8.64. The Morgan fingerprint density at radius 1 is 0.917 bits per heavy atom. The van der Waals surface area contributed by atoms with Gasteiger partial charge < -0.3 is 19.7 Å². The van der Waals surface area contributed by atoms with Crippen LogP contribution in [0, 0.1) is 5.82 Å². The van der Waals surface area contributed by atoms with Crippen LogP contribution in [0.2, 0.25) is 0 Å². The van der Waals surface area contributed by atoms with Crippen molar-refractivity contribution in [3.05, 3.63) is 95.8 Å². The molecule has 0 spiro atoms. The van der Waals surface area contributed by atoms with Crippen LogP contribution in [0.1, 0.15) is 31.4 Å². The van der Waals surface area contributed by atoms with Gasteiger partial charge in [-0.3, -0.25) is 9.59 Å². The van der Waals surface area contributed by atoms with Crippen molar-refractivity contribution in [3.8, 4) is 11.5 Å². The number of halogens is 1. The number of hydrogen-bond donors (Lipinski definition) is 1. The van der Waals surface area contributed by atoms with Crippen LogP contribution < -0.4 is 14.8 Å². The molecule has 0 aliphatic carbocycles. The smallest absolute Gasteiger partial charge is 0.261 e. The molecule has 1 N–H and O–H groups in total. The Balaban J connectivity index is 1.88. The van der Waals surface area contributed by atoms with Gasteiger partial charge >= 0.3 is 0 Å². The first-order chi connectivity index (χ1) is 17.4. The highest BCUT2D eigenvalue weighted by atomic mass is 19.1. The average Bonchev–Trinajstić information content (AvgIpc) is 2.91. The van der Waals surface area contributed by atoms with E-state index in [1.807, 2.05) is 44.2 Å². The van der Waals surface area contributed by atoms with Crippen molar-refractivity contribution in [1.29, 1.82) is 0 Å². The SMILES string of the molecule is CC[C@@H](C)NC(=O)[C@H](Cc1ccccc1)N(Cc1ccc(F)cc1)C(=O)COc1ccc(OC)cc1. The number of methoxy groups -OCH3 is 1. The number of nitrogens with one attached hydrogen (secondary N) is 1. The van der Waals surface area contributed by atoms with Gasteiger partial charge in [0.1, 0.15) is 23.4 Å². The molecule has 0 aliphatic heterocycles. The predicted octanol–water partition coefficient (Wildman–Crippen LogP) is 4.77. The summed E-state index contributed by atoms with van der Waals surface area (Å²) >= 11 is 0. The Morgan fingerprint density at radius 3 is 2.17 bits per heavy atom. The summed E-state index contributed by atoms with van der Waals surface area (Å²) in [5.74, 6) is 0.226. The van der Waals surface area contributed by atoms with E-state index >= 15 is 0 Å². The van der Waals surface area contributed by atoms with E-state index in [1.165, 1.54) is 17.0 Å². The fraction of sp³-hybridized carbons (Fsp3) is 0.310. The molecule has 190 valence electrons. The van der Waals surface area contributed by atoms with E-state index in [0.29, 0.717) is 23.5 Å². The van der Waals surface area contributed by atoms with Crippen LogP contribution in [0.5, 0.6) is 11.5 Å². The summed E-state index contributed by atoms with van der Waals surface area (Å²) in [7, 11) is 1.57. The molecule has 3 aromatic rings. The normalized spacial score (nSPS) is 12.3. The molecule has 0 bridgehead atoms. The average molecular weight is 493 g/mol. The molecule has 6 nitrogen and oxygen atoms in total. The molecule has 0 heterocycles. The van der Waals surface area contributed by atoms with Crippen molar-refractivity contribution < 1.29 is 23.5 Å². The summed E-state index contributed by atoms with van der Waals surface area (Å²) in [4.78, 5) is 28.5. The molecular weight excluding hydrogens is 459 g/mol. The van der Waals surface area contributed by atoms with E-state index in [0.717, 1.165) is 12.0 Å². The van der Waals surface area contributed by atoms with E-state index in [-0.39, 0.29) is 36.8 Å². The summed E-state index contributed by atoms with van der Waals surface area (Å²) in [5, 5.41) is 3.02. The quantitative estimate of drug-likeness (QED) is 0.396. The maximum Gasteiger partial charge on any atom is 0.261 e. The van der Waals surface area contributed by atoms with E-state index in [9.17, 15) is 14.0 Å². The molecule has 3 aromatic carbocycles. The van der Waals surface area contributed by atoms with Gasteiger partial charge in [-0.15, -0.1) is 0 Å². The van der Waals surface area contributed by atoms with E-state index in [1.54, 1.807) is 43.5 Å². The fourth-order valence-corrected chi connectivity index (χ4v) is 3.68. The first-order valence-electron chi connectivity index (χ1n) is 12.0. The van der Waals surface area contributed by atoms with Gasteiger partial charge in [-0.25, -0.2) is 4.39 Å². The molecule has 0 aromatic heterocycles. The zero-order valence-electron chi connectivity index (χ0n) is 20.9. The van der Waals surface area contributed by atoms with E-state index in [2.05, 4.69) is 5.32 Å². The molecule has 0 saturated carbocycles. The minimum atomic E-state index is -0.779. The largest absolute Gasteiger partial charge is 0.497 e. The van der Waals surface area contributed by atoms with Gasteiger partial charge in [0.25, 0.3) is 5.91 Å². The number of hydrogen-bond acceptors (Lipinski definition) is 4. The molecule has 0 aliphatic rings. The van der Waals surface area contributed by atoms with Gasteiger partial charge in [-0.05, 0) is 60.9 Å². The van der Waals surface area contributed by atoms with Crippen LogP contribution in [0.3, 0.4) is 0 Å². The third-order valence-electron chi connectivity index (χ3n) is 5.96. The minimum Gasteiger partial charge on any atom is -0.497 e. The van der Waals surface area contributed by atoms with Gasteiger partial charge in [0.2, 0.25) is 5.91 Å². The summed E-state index contributed by atoms with van der Waals surface area (Å²) < 4.78 is 24.4. The van der Waals surface area contributed by atoms with Gasteiger partial charge in [0.05, 0.1) is 7.11 Å². The molecule has 0 saturated heterocycles. The predicted molar refractivity (Wildman–Crippen MR) is 137 cm³/mol. The van der Waals surface area contributed by atoms with Crippen LogP contribution in [0.4, 0.5) is 4.39 Å². The lowest BCUT2D eigenvalue weighted by Crippen LogP contribution is -2.53. The first-order valence-corrected chi connectivity index (χ1v) is 12.0. The van der Waals surface area contributed by atoms with Crippen molar-refractivity contribution >= 4 is 11.8 Å². The van der Waals surface area contributed by atoms with Crippen LogP contribution in [0.15, 0.2) is 78.9 Å². The van der Waals surface area contributed by atoms with E-state index in [4.69, 9.17) is 9.47 Å². The standard InChI is InChI=1S/C29H33FN2O4/c1-4-21(2)31-29(34)27(18-22-8-6-5-7-9-22)32(19-23-10-12-24(30)13-11-23)28(33)20-36-26-16-14-25(35-3)15-17-26/h5-17,21,27H,4,18-20H2,1-3H3,(H,31,34)/t21-,27+/m1/s1. The lowest BCUT2D eigenvalue weighted by molar-refractivity contribution is -0.143. The maximum atomic E-state index is 13.5. The molecule has 36 heavy (non-hydrogen) atoms. The zero-order chi connectivity index (χ0) is 25.9. The number of rotatable bonds is 12. The molecule has 0 radical (unpaired) electrons. The summed E-state index contributed by atoms with van der Waals surface area (Å²) in [6, 6.07) is 21.6. The zero-order valence-corrected chi connectivity index (χ0v) is 20.9. The Hall–Kier alpha value is -3.87. The number of benzene rings is 3. The van der Waals surface area contributed by atoms with Crippen molar-refractivity contribution in [2.24, 2.45) is 0 Å². The summed E-state index contributed by atoms with van der Waals surface area (Å²) in [5.41, 5.74) is 1.64. The Morgan fingerprint density at radius 2 is 1.56 bits per heavy atom. The third kappa shape index (κ3) is 7.83. The van der Waals surface area contributed by atoms with Crippen LogP contribution in [0.25, 0.3) is 0 Å². The van der Waals surface area contributed by atoms with Crippen molar-refractivity contribution in [2.75, 3.05) is 13.7 Å². The van der Waals surface area contributed by atoms with Gasteiger partial charge in [0, 0.05) is 19.0 Å². The molecule has 2 atom stereocenters. The lowest BCUT2D eigenvalue weighted by atomic mass is 10.0. The van der Waals surface area contributed by atoms with Crippen molar-refractivity contribution in [2.45, 2.75) is 45.3 Å². The number of nitrogens with zero attached hydrogens (tertiary/aromatic N) is 1. The van der Waals surface area contributed by atoms with Crippen LogP contribution in [-0.4, -0.2) is 42.5 Å². The summed E-state index contributed by atoms with van der Waals surface area (Å²) in [6.07, 6.45) is 1.09. The molecule has 2 amide bonds. The minimum absolute atomic E-state index is 0.0471. The Kier molecular flexibility index (Phi) is 9.86. The number of amides is 2.